The lowest BCUT2D eigenvalue weighted by Gasteiger charge is -2.42. The lowest BCUT2D eigenvalue weighted by Crippen LogP contribution is -2.51. The maximum atomic E-state index is 6.75. The standard InChI is InChI=1S/C17H23NS/c1-12-7-8-17(18,13(2)9-12)10-14-11-19-16-6-4-3-5-15(14)16/h3-6,11-13H,7-10,18H2,1-2H3. The summed E-state index contributed by atoms with van der Waals surface area (Å²) in [4.78, 5) is 0. The van der Waals surface area contributed by atoms with Crippen LogP contribution in [0.25, 0.3) is 10.1 Å². The Morgan fingerprint density at radius 3 is 2.89 bits per heavy atom. The molecule has 2 aromatic rings. The van der Waals surface area contributed by atoms with Gasteiger partial charge in [0, 0.05) is 10.2 Å². The number of nitrogens with two attached hydrogens (primary N) is 1. The molecule has 1 aliphatic carbocycles. The molecule has 1 heterocycles. The van der Waals surface area contributed by atoms with Gasteiger partial charge < -0.3 is 5.73 Å². The number of rotatable bonds is 2. The summed E-state index contributed by atoms with van der Waals surface area (Å²) in [6.45, 7) is 4.69. The van der Waals surface area contributed by atoms with E-state index in [1.54, 1.807) is 0 Å². The zero-order chi connectivity index (χ0) is 13.5. The summed E-state index contributed by atoms with van der Waals surface area (Å²) in [7, 11) is 0. The maximum Gasteiger partial charge on any atom is 0.0345 e. The zero-order valence-corrected chi connectivity index (χ0v) is 12.7. The summed E-state index contributed by atoms with van der Waals surface area (Å²) in [6, 6.07) is 8.69. The second-order valence-corrected chi connectivity index (χ2v) is 7.36. The molecule has 1 aliphatic rings. The van der Waals surface area contributed by atoms with Crippen LogP contribution in [-0.2, 0) is 6.42 Å². The van der Waals surface area contributed by atoms with Crippen molar-refractivity contribution in [1.29, 1.82) is 0 Å². The Labute approximate surface area is 119 Å². The Kier molecular flexibility index (Phi) is 3.40. The highest BCUT2D eigenvalue weighted by molar-refractivity contribution is 7.17. The van der Waals surface area contributed by atoms with Gasteiger partial charge in [-0.15, -0.1) is 11.3 Å². The first-order valence-electron chi connectivity index (χ1n) is 7.32. The third-order valence-corrected chi connectivity index (χ3v) is 5.93. The summed E-state index contributed by atoms with van der Waals surface area (Å²) >= 11 is 1.85. The van der Waals surface area contributed by atoms with Crippen molar-refractivity contribution in [2.45, 2.75) is 45.1 Å². The third-order valence-electron chi connectivity index (χ3n) is 4.92. The Balaban J connectivity index is 1.88. The van der Waals surface area contributed by atoms with E-state index in [4.69, 9.17) is 5.73 Å². The molecule has 2 heteroatoms. The molecule has 19 heavy (non-hydrogen) atoms. The van der Waals surface area contributed by atoms with E-state index in [2.05, 4.69) is 43.5 Å². The molecule has 1 aromatic carbocycles. The molecule has 1 aromatic heterocycles. The average molecular weight is 273 g/mol. The molecule has 3 atom stereocenters. The molecule has 1 fully saturated rings. The van der Waals surface area contributed by atoms with Crippen LogP contribution in [0.2, 0.25) is 0 Å². The Morgan fingerprint density at radius 2 is 2.11 bits per heavy atom. The first kappa shape index (κ1) is 13.1. The number of benzene rings is 1. The average Bonchev–Trinajstić information content (AvgIpc) is 2.79. The normalized spacial score (nSPS) is 31.7. The van der Waals surface area contributed by atoms with Gasteiger partial charge in [-0.05, 0) is 59.9 Å². The van der Waals surface area contributed by atoms with Gasteiger partial charge in [0.2, 0.25) is 0 Å². The maximum absolute atomic E-state index is 6.75. The van der Waals surface area contributed by atoms with Crippen LogP contribution in [0.3, 0.4) is 0 Å². The van der Waals surface area contributed by atoms with Crippen molar-refractivity contribution in [3.05, 3.63) is 35.2 Å². The predicted octanol–water partition coefficient (Wildman–Crippen LogP) is 4.60. The fourth-order valence-electron chi connectivity index (χ4n) is 3.50. The van der Waals surface area contributed by atoms with Gasteiger partial charge in [-0.3, -0.25) is 0 Å². The van der Waals surface area contributed by atoms with Crippen molar-refractivity contribution in [3.63, 3.8) is 0 Å². The van der Waals surface area contributed by atoms with E-state index in [9.17, 15) is 0 Å². The number of hydrogen-bond donors (Lipinski definition) is 1. The number of hydrogen-bond acceptors (Lipinski definition) is 2. The molecule has 1 saturated carbocycles. The van der Waals surface area contributed by atoms with Crippen LogP contribution in [0.15, 0.2) is 29.6 Å². The lowest BCUT2D eigenvalue weighted by molar-refractivity contribution is 0.164. The molecule has 2 N–H and O–H groups in total. The molecule has 3 unspecified atom stereocenters. The quantitative estimate of drug-likeness (QED) is 0.850. The highest BCUT2D eigenvalue weighted by Gasteiger charge is 2.37. The second kappa shape index (κ2) is 4.92. The van der Waals surface area contributed by atoms with Crippen molar-refractivity contribution in [2.75, 3.05) is 0 Å². The van der Waals surface area contributed by atoms with E-state index in [0.29, 0.717) is 5.92 Å². The predicted molar refractivity (Wildman–Crippen MR) is 84.6 cm³/mol. The highest BCUT2D eigenvalue weighted by atomic mass is 32.1. The van der Waals surface area contributed by atoms with Crippen LogP contribution in [0.5, 0.6) is 0 Å². The van der Waals surface area contributed by atoms with Crippen LogP contribution in [-0.4, -0.2) is 5.54 Å². The number of thiophene rings is 1. The molecule has 0 radical (unpaired) electrons. The van der Waals surface area contributed by atoms with Gasteiger partial charge in [0.1, 0.15) is 0 Å². The van der Waals surface area contributed by atoms with E-state index in [0.717, 1.165) is 12.3 Å². The minimum atomic E-state index is -0.00362. The van der Waals surface area contributed by atoms with E-state index in [1.165, 1.54) is 34.9 Å². The van der Waals surface area contributed by atoms with Crippen LogP contribution in [0, 0.1) is 11.8 Å². The van der Waals surface area contributed by atoms with Gasteiger partial charge in [-0.1, -0.05) is 32.0 Å². The molecule has 3 rings (SSSR count). The molecule has 0 aliphatic heterocycles. The Bertz CT molecular complexity index is 573. The van der Waals surface area contributed by atoms with E-state index >= 15 is 0 Å². The van der Waals surface area contributed by atoms with Crippen molar-refractivity contribution in [3.8, 4) is 0 Å². The fourth-order valence-corrected chi connectivity index (χ4v) is 4.47. The van der Waals surface area contributed by atoms with Crippen molar-refractivity contribution in [2.24, 2.45) is 17.6 Å². The molecule has 1 nitrogen and oxygen atoms in total. The minimum Gasteiger partial charge on any atom is -0.325 e. The summed E-state index contributed by atoms with van der Waals surface area (Å²) < 4.78 is 1.39. The molecular weight excluding hydrogens is 250 g/mol. The van der Waals surface area contributed by atoms with Gasteiger partial charge in [-0.25, -0.2) is 0 Å². The van der Waals surface area contributed by atoms with Crippen LogP contribution < -0.4 is 5.73 Å². The Morgan fingerprint density at radius 1 is 1.32 bits per heavy atom. The van der Waals surface area contributed by atoms with Crippen molar-refractivity contribution < 1.29 is 0 Å². The van der Waals surface area contributed by atoms with E-state index in [1.807, 2.05) is 11.3 Å². The first-order valence-corrected chi connectivity index (χ1v) is 8.20. The van der Waals surface area contributed by atoms with Crippen molar-refractivity contribution >= 4 is 21.4 Å². The van der Waals surface area contributed by atoms with E-state index in [-0.39, 0.29) is 5.54 Å². The lowest BCUT2D eigenvalue weighted by atomic mass is 9.68. The second-order valence-electron chi connectivity index (χ2n) is 6.45. The summed E-state index contributed by atoms with van der Waals surface area (Å²) in [5, 5.41) is 3.72. The molecule has 0 amide bonds. The van der Waals surface area contributed by atoms with Crippen molar-refractivity contribution in [1.82, 2.24) is 0 Å². The largest absolute Gasteiger partial charge is 0.325 e. The van der Waals surface area contributed by atoms with Gasteiger partial charge >= 0.3 is 0 Å². The van der Waals surface area contributed by atoms with Gasteiger partial charge in [0.15, 0.2) is 0 Å². The van der Waals surface area contributed by atoms with Crippen LogP contribution in [0.4, 0.5) is 0 Å². The third kappa shape index (κ3) is 2.44. The first-order chi connectivity index (χ1) is 9.08. The Hall–Kier alpha value is -0.860. The van der Waals surface area contributed by atoms with Crippen LogP contribution >= 0.6 is 11.3 Å². The highest BCUT2D eigenvalue weighted by Crippen LogP contribution is 2.39. The van der Waals surface area contributed by atoms with E-state index < -0.39 is 0 Å². The number of fused-ring (bicyclic) bond motifs is 1. The SMILES string of the molecule is CC1CCC(N)(Cc2csc3ccccc23)C(C)C1. The smallest absolute Gasteiger partial charge is 0.0345 e. The molecule has 102 valence electrons. The van der Waals surface area contributed by atoms with Gasteiger partial charge in [0.25, 0.3) is 0 Å². The molecule has 0 bridgehead atoms. The monoisotopic (exact) mass is 273 g/mol. The topological polar surface area (TPSA) is 26.0 Å². The summed E-state index contributed by atoms with van der Waals surface area (Å²) in [5.41, 5.74) is 8.20. The van der Waals surface area contributed by atoms with Gasteiger partial charge in [0.05, 0.1) is 0 Å². The van der Waals surface area contributed by atoms with Gasteiger partial charge in [-0.2, -0.15) is 0 Å². The summed E-state index contributed by atoms with van der Waals surface area (Å²) in [5.74, 6) is 1.46. The summed E-state index contributed by atoms with van der Waals surface area (Å²) in [6.07, 6.45) is 4.76. The molecular formula is C17H23NS. The van der Waals surface area contributed by atoms with Crippen LogP contribution in [0.1, 0.15) is 38.7 Å². The molecule has 0 saturated heterocycles. The fraction of sp³-hybridized carbons (Fsp3) is 0.529. The zero-order valence-electron chi connectivity index (χ0n) is 11.9. The molecule has 0 spiro atoms. The minimum absolute atomic E-state index is 0.00362.